The van der Waals surface area contributed by atoms with Crippen LogP contribution in [0.25, 0.3) is 0 Å². The SMILES string of the molecule is O=C(Nc1ccc(Cl)cc1)N1CCN(c2nnc(C3CCCCC3)s2)CC1. The number of hydrogen-bond acceptors (Lipinski definition) is 5. The third kappa shape index (κ3) is 4.52. The summed E-state index contributed by atoms with van der Waals surface area (Å²) in [6, 6.07) is 7.09. The Morgan fingerprint density at radius 1 is 1.04 bits per heavy atom. The minimum atomic E-state index is -0.0721. The number of amides is 2. The van der Waals surface area contributed by atoms with Gasteiger partial charge >= 0.3 is 6.03 Å². The number of carbonyl (C=O) groups is 1. The van der Waals surface area contributed by atoms with E-state index in [0.717, 1.165) is 23.9 Å². The minimum absolute atomic E-state index is 0.0721. The normalized spacial score (nSPS) is 18.6. The van der Waals surface area contributed by atoms with E-state index in [1.165, 1.54) is 37.1 Å². The van der Waals surface area contributed by atoms with E-state index in [1.807, 2.05) is 17.0 Å². The summed E-state index contributed by atoms with van der Waals surface area (Å²) in [6.07, 6.45) is 6.45. The lowest BCUT2D eigenvalue weighted by atomic mass is 9.90. The Hall–Kier alpha value is -1.86. The van der Waals surface area contributed by atoms with E-state index in [4.69, 9.17) is 11.6 Å². The second kappa shape index (κ2) is 8.44. The van der Waals surface area contributed by atoms with Gasteiger partial charge in [-0.05, 0) is 37.1 Å². The summed E-state index contributed by atoms with van der Waals surface area (Å²) in [5.41, 5.74) is 0.757. The molecule has 1 saturated carbocycles. The van der Waals surface area contributed by atoms with Gasteiger partial charge in [0.05, 0.1) is 0 Å². The molecule has 2 aromatic rings. The number of piperazine rings is 1. The Labute approximate surface area is 168 Å². The molecule has 8 heteroatoms. The van der Waals surface area contributed by atoms with Gasteiger partial charge in [0.2, 0.25) is 5.13 Å². The van der Waals surface area contributed by atoms with Gasteiger partial charge in [-0.15, -0.1) is 10.2 Å². The maximum Gasteiger partial charge on any atom is 0.321 e. The molecular formula is C19H24ClN5OS. The monoisotopic (exact) mass is 405 g/mol. The van der Waals surface area contributed by atoms with Crippen molar-refractivity contribution in [2.75, 3.05) is 36.4 Å². The van der Waals surface area contributed by atoms with Gasteiger partial charge in [-0.1, -0.05) is 42.2 Å². The number of anilines is 2. The Kier molecular flexibility index (Phi) is 5.78. The molecule has 2 amide bonds. The number of halogens is 1. The van der Waals surface area contributed by atoms with Gasteiger partial charge in [-0.2, -0.15) is 0 Å². The Balaban J connectivity index is 1.30. The van der Waals surface area contributed by atoms with Crippen LogP contribution in [-0.4, -0.2) is 47.3 Å². The van der Waals surface area contributed by atoms with Crippen molar-refractivity contribution in [3.8, 4) is 0 Å². The molecule has 0 spiro atoms. The van der Waals surface area contributed by atoms with E-state index < -0.39 is 0 Å². The van der Waals surface area contributed by atoms with E-state index in [-0.39, 0.29) is 6.03 Å². The van der Waals surface area contributed by atoms with Crippen LogP contribution in [0.1, 0.15) is 43.0 Å². The molecule has 27 heavy (non-hydrogen) atoms. The van der Waals surface area contributed by atoms with E-state index in [2.05, 4.69) is 20.4 Å². The number of nitrogens with zero attached hydrogens (tertiary/aromatic N) is 4. The van der Waals surface area contributed by atoms with E-state index in [0.29, 0.717) is 24.0 Å². The lowest BCUT2D eigenvalue weighted by Gasteiger charge is -2.34. The fourth-order valence-electron chi connectivity index (χ4n) is 3.71. The first kappa shape index (κ1) is 18.5. The molecule has 6 nitrogen and oxygen atoms in total. The predicted molar refractivity (Wildman–Crippen MR) is 110 cm³/mol. The summed E-state index contributed by atoms with van der Waals surface area (Å²) in [7, 11) is 0. The molecule has 2 aliphatic rings. The molecule has 2 fully saturated rings. The summed E-state index contributed by atoms with van der Waals surface area (Å²) in [4.78, 5) is 16.5. The third-order valence-corrected chi connectivity index (χ3v) is 6.72. The van der Waals surface area contributed by atoms with Crippen LogP contribution in [0, 0.1) is 0 Å². The largest absolute Gasteiger partial charge is 0.343 e. The van der Waals surface area contributed by atoms with Crippen LogP contribution in [0.4, 0.5) is 15.6 Å². The van der Waals surface area contributed by atoms with Gasteiger partial charge in [0.25, 0.3) is 0 Å². The zero-order chi connectivity index (χ0) is 18.6. The molecule has 1 N–H and O–H groups in total. The lowest BCUT2D eigenvalue weighted by Crippen LogP contribution is -2.50. The minimum Gasteiger partial charge on any atom is -0.343 e. The fourth-order valence-corrected chi connectivity index (χ4v) is 4.90. The highest BCUT2D eigenvalue weighted by Crippen LogP contribution is 2.36. The van der Waals surface area contributed by atoms with Crippen LogP contribution in [0.15, 0.2) is 24.3 Å². The van der Waals surface area contributed by atoms with Crippen LogP contribution in [0.2, 0.25) is 5.02 Å². The van der Waals surface area contributed by atoms with Crippen molar-refractivity contribution in [3.05, 3.63) is 34.3 Å². The zero-order valence-corrected chi connectivity index (χ0v) is 16.8. The summed E-state index contributed by atoms with van der Waals surface area (Å²) in [6.45, 7) is 2.93. The molecule has 0 radical (unpaired) electrons. The van der Waals surface area contributed by atoms with Crippen LogP contribution in [0.5, 0.6) is 0 Å². The smallest absolute Gasteiger partial charge is 0.321 e. The van der Waals surface area contributed by atoms with Crippen molar-refractivity contribution >= 4 is 39.8 Å². The molecule has 1 aromatic carbocycles. The molecular weight excluding hydrogens is 382 g/mol. The Morgan fingerprint density at radius 2 is 1.74 bits per heavy atom. The number of nitrogens with one attached hydrogen (secondary N) is 1. The predicted octanol–water partition coefficient (Wildman–Crippen LogP) is 4.59. The topological polar surface area (TPSA) is 61.4 Å². The van der Waals surface area contributed by atoms with Crippen LogP contribution >= 0.6 is 22.9 Å². The molecule has 1 saturated heterocycles. The fraction of sp³-hybridized carbons (Fsp3) is 0.526. The highest BCUT2D eigenvalue weighted by molar-refractivity contribution is 7.15. The van der Waals surface area contributed by atoms with Crippen molar-refractivity contribution in [3.63, 3.8) is 0 Å². The maximum atomic E-state index is 12.4. The Bertz CT molecular complexity index is 767. The zero-order valence-electron chi connectivity index (χ0n) is 15.2. The molecule has 2 heterocycles. The van der Waals surface area contributed by atoms with E-state index in [9.17, 15) is 4.79 Å². The molecule has 0 bridgehead atoms. The van der Waals surface area contributed by atoms with Gasteiger partial charge in [0.15, 0.2) is 0 Å². The van der Waals surface area contributed by atoms with Gasteiger partial charge in [-0.25, -0.2) is 4.79 Å². The quantitative estimate of drug-likeness (QED) is 0.810. The summed E-state index contributed by atoms with van der Waals surface area (Å²) < 4.78 is 0. The van der Waals surface area contributed by atoms with Gasteiger partial charge in [0.1, 0.15) is 5.01 Å². The van der Waals surface area contributed by atoms with E-state index >= 15 is 0 Å². The van der Waals surface area contributed by atoms with Crippen molar-refractivity contribution in [2.24, 2.45) is 0 Å². The average Bonchev–Trinajstić information content (AvgIpc) is 3.21. The summed E-state index contributed by atoms with van der Waals surface area (Å²) in [5.74, 6) is 0.594. The first-order valence-electron chi connectivity index (χ1n) is 9.59. The summed E-state index contributed by atoms with van der Waals surface area (Å²) in [5, 5.41) is 14.6. The van der Waals surface area contributed by atoms with Crippen LogP contribution < -0.4 is 10.2 Å². The third-order valence-electron chi connectivity index (χ3n) is 5.32. The second-order valence-corrected chi connectivity index (χ2v) is 8.59. The number of urea groups is 1. The average molecular weight is 406 g/mol. The lowest BCUT2D eigenvalue weighted by molar-refractivity contribution is 0.208. The Morgan fingerprint density at radius 3 is 2.44 bits per heavy atom. The van der Waals surface area contributed by atoms with Gasteiger partial charge in [-0.3, -0.25) is 0 Å². The van der Waals surface area contributed by atoms with Crippen molar-refractivity contribution in [1.29, 1.82) is 0 Å². The molecule has 0 unspecified atom stereocenters. The van der Waals surface area contributed by atoms with Crippen molar-refractivity contribution in [1.82, 2.24) is 15.1 Å². The highest BCUT2D eigenvalue weighted by Gasteiger charge is 2.25. The molecule has 1 aliphatic heterocycles. The number of aromatic nitrogens is 2. The number of hydrogen-bond donors (Lipinski definition) is 1. The first-order valence-corrected chi connectivity index (χ1v) is 10.8. The summed E-state index contributed by atoms with van der Waals surface area (Å²) >= 11 is 7.62. The molecule has 0 atom stereocenters. The molecule has 144 valence electrons. The van der Waals surface area contributed by atoms with E-state index in [1.54, 1.807) is 23.5 Å². The standard InChI is InChI=1S/C19H24ClN5OS/c20-15-6-8-16(9-7-15)21-18(26)24-10-12-25(13-11-24)19-23-22-17(27-19)14-4-2-1-3-5-14/h6-9,14H,1-5,10-13H2,(H,21,26). The second-order valence-electron chi connectivity index (χ2n) is 7.17. The van der Waals surface area contributed by atoms with Crippen molar-refractivity contribution < 1.29 is 4.79 Å². The van der Waals surface area contributed by atoms with Gasteiger partial charge < -0.3 is 15.1 Å². The van der Waals surface area contributed by atoms with Crippen molar-refractivity contribution in [2.45, 2.75) is 38.0 Å². The van der Waals surface area contributed by atoms with Crippen LogP contribution in [-0.2, 0) is 0 Å². The maximum absolute atomic E-state index is 12.4. The van der Waals surface area contributed by atoms with Crippen LogP contribution in [0.3, 0.4) is 0 Å². The number of benzene rings is 1. The molecule has 1 aliphatic carbocycles. The number of carbonyl (C=O) groups excluding carboxylic acids is 1. The molecule has 4 rings (SSSR count). The highest BCUT2D eigenvalue weighted by atomic mass is 35.5. The molecule has 1 aromatic heterocycles. The number of rotatable bonds is 3. The first-order chi connectivity index (χ1) is 13.2. The van der Waals surface area contributed by atoms with Gasteiger partial charge in [0, 0.05) is 42.8 Å².